The molecular formula is C30H36N4O2. The van der Waals surface area contributed by atoms with E-state index in [9.17, 15) is 4.79 Å². The Kier molecular flexibility index (Phi) is 6.71. The molecule has 6 nitrogen and oxygen atoms in total. The van der Waals surface area contributed by atoms with Gasteiger partial charge in [0.1, 0.15) is 12.4 Å². The number of fused-ring (bicyclic) bond motifs is 2. The van der Waals surface area contributed by atoms with Crippen molar-refractivity contribution in [1.29, 1.82) is 0 Å². The van der Waals surface area contributed by atoms with Crippen molar-refractivity contribution in [3.05, 3.63) is 60.2 Å². The number of hydrogen-bond acceptors (Lipinski definition) is 4. The average Bonchev–Trinajstić information content (AvgIpc) is 3.51. The number of likely N-dealkylation sites (N-methyl/N-ethyl adjacent to an activating group) is 1. The van der Waals surface area contributed by atoms with E-state index in [1.807, 2.05) is 18.2 Å². The van der Waals surface area contributed by atoms with Crippen molar-refractivity contribution in [3.63, 3.8) is 0 Å². The second-order valence-corrected chi connectivity index (χ2v) is 11.0. The first-order chi connectivity index (χ1) is 17.3. The maximum absolute atomic E-state index is 12.7. The highest BCUT2D eigenvalue weighted by atomic mass is 16.5. The predicted octanol–water partition coefficient (Wildman–Crippen LogP) is 6.02. The Morgan fingerprint density at radius 3 is 2.72 bits per heavy atom. The number of likely N-dealkylation sites (tertiary alicyclic amines) is 1. The van der Waals surface area contributed by atoms with Crippen LogP contribution >= 0.6 is 0 Å². The van der Waals surface area contributed by atoms with Gasteiger partial charge in [0.15, 0.2) is 0 Å². The molecule has 0 aliphatic carbocycles. The molecule has 2 N–H and O–H groups in total. The van der Waals surface area contributed by atoms with E-state index in [-0.39, 0.29) is 11.3 Å². The molecule has 0 bridgehead atoms. The number of hydrogen-bond donors (Lipinski definition) is 2. The van der Waals surface area contributed by atoms with E-state index in [0.29, 0.717) is 18.2 Å². The highest BCUT2D eigenvalue weighted by Crippen LogP contribution is 2.31. The second kappa shape index (κ2) is 9.94. The number of aromatic nitrogens is 2. The standard InChI is InChI=1S/C30H36N4O2/c1-5-34-14-6-7-24(34)18-36-25-12-10-20-15-22(9-8-21(20)16-25)28-26-17-23(11-13-27(26)32-33-28)29(35)31-19-30(2,3)4/h8-13,15-17,24H,5-7,14,18-19H2,1-4H3,(H,31,35)(H,32,33)/t24-/m1/s1. The molecule has 1 aliphatic heterocycles. The van der Waals surface area contributed by atoms with Gasteiger partial charge in [-0.3, -0.25) is 14.8 Å². The average molecular weight is 485 g/mol. The number of aromatic amines is 1. The molecule has 1 aromatic heterocycles. The molecule has 1 fully saturated rings. The van der Waals surface area contributed by atoms with Gasteiger partial charge in [-0.15, -0.1) is 0 Å². The molecule has 0 radical (unpaired) electrons. The first kappa shape index (κ1) is 24.3. The fraction of sp³-hybridized carbons (Fsp3) is 0.400. The summed E-state index contributed by atoms with van der Waals surface area (Å²) in [4.78, 5) is 15.2. The van der Waals surface area contributed by atoms with Gasteiger partial charge < -0.3 is 10.1 Å². The fourth-order valence-corrected chi connectivity index (χ4v) is 4.98. The summed E-state index contributed by atoms with van der Waals surface area (Å²) in [5, 5.41) is 13.9. The third-order valence-corrected chi connectivity index (χ3v) is 7.04. The van der Waals surface area contributed by atoms with Crippen LogP contribution in [0.25, 0.3) is 32.9 Å². The molecule has 2 heterocycles. The van der Waals surface area contributed by atoms with E-state index in [1.165, 1.54) is 19.4 Å². The molecule has 3 aromatic carbocycles. The van der Waals surface area contributed by atoms with Gasteiger partial charge in [-0.2, -0.15) is 5.10 Å². The topological polar surface area (TPSA) is 70.2 Å². The van der Waals surface area contributed by atoms with Gasteiger partial charge in [-0.25, -0.2) is 0 Å². The minimum atomic E-state index is -0.0651. The number of H-pyrrole nitrogens is 1. The smallest absolute Gasteiger partial charge is 0.251 e. The van der Waals surface area contributed by atoms with Gasteiger partial charge in [0, 0.05) is 29.1 Å². The number of carbonyl (C=O) groups is 1. The van der Waals surface area contributed by atoms with Crippen LogP contribution in [0, 0.1) is 5.41 Å². The molecule has 1 atom stereocenters. The molecule has 1 amide bonds. The summed E-state index contributed by atoms with van der Waals surface area (Å²) in [6.07, 6.45) is 2.47. The third kappa shape index (κ3) is 5.24. The lowest BCUT2D eigenvalue weighted by Crippen LogP contribution is -2.33. The zero-order valence-electron chi connectivity index (χ0n) is 21.7. The van der Waals surface area contributed by atoms with Gasteiger partial charge in [0.2, 0.25) is 0 Å². The molecule has 36 heavy (non-hydrogen) atoms. The number of rotatable bonds is 7. The molecular weight excluding hydrogens is 448 g/mol. The number of amides is 1. The first-order valence-corrected chi connectivity index (χ1v) is 13.0. The summed E-state index contributed by atoms with van der Waals surface area (Å²) in [7, 11) is 0. The monoisotopic (exact) mass is 484 g/mol. The number of benzene rings is 3. The van der Waals surface area contributed by atoms with Gasteiger partial charge >= 0.3 is 0 Å². The first-order valence-electron chi connectivity index (χ1n) is 13.0. The second-order valence-electron chi connectivity index (χ2n) is 11.0. The van der Waals surface area contributed by atoms with E-state index in [2.05, 4.69) is 84.5 Å². The summed E-state index contributed by atoms with van der Waals surface area (Å²) in [5.41, 5.74) is 3.44. The Bertz CT molecular complexity index is 1380. The van der Waals surface area contributed by atoms with Crippen LogP contribution in [-0.2, 0) is 0 Å². The summed E-state index contributed by atoms with van der Waals surface area (Å²) in [6.45, 7) is 12.2. The Morgan fingerprint density at radius 1 is 1.11 bits per heavy atom. The van der Waals surface area contributed by atoms with Crippen LogP contribution in [0.3, 0.4) is 0 Å². The van der Waals surface area contributed by atoms with Crippen molar-refractivity contribution >= 4 is 27.6 Å². The maximum atomic E-state index is 12.7. The van der Waals surface area contributed by atoms with E-state index in [1.54, 1.807) is 0 Å². The Morgan fingerprint density at radius 2 is 1.92 bits per heavy atom. The van der Waals surface area contributed by atoms with E-state index in [4.69, 9.17) is 4.74 Å². The van der Waals surface area contributed by atoms with Gasteiger partial charge in [0.25, 0.3) is 5.91 Å². The van der Waals surface area contributed by atoms with Crippen molar-refractivity contribution in [1.82, 2.24) is 20.4 Å². The SMILES string of the molecule is CCN1CCC[C@@H]1COc1ccc2cc(-c3n[nH]c4ccc(C(=O)NCC(C)(C)C)cc34)ccc2c1. The quantitative estimate of drug-likeness (QED) is 0.336. The lowest BCUT2D eigenvalue weighted by Gasteiger charge is -2.22. The van der Waals surface area contributed by atoms with Crippen LogP contribution in [0.2, 0.25) is 0 Å². The summed E-state index contributed by atoms with van der Waals surface area (Å²) >= 11 is 0. The van der Waals surface area contributed by atoms with Gasteiger partial charge in [-0.1, -0.05) is 45.9 Å². The Labute approximate surface area is 213 Å². The van der Waals surface area contributed by atoms with Crippen LogP contribution in [0.15, 0.2) is 54.6 Å². The minimum Gasteiger partial charge on any atom is -0.492 e. The molecule has 4 aromatic rings. The molecule has 0 unspecified atom stereocenters. The molecule has 5 rings (SSSR count). The van der Waals surface area contributed by atoms with Crippen LogP contribution < -0.4 is 10.1 Å². The fourth-order valence-electron chi connectivity index (χ4n) is 4.98. The Balaban J connectivity index is 1.36. The lowest BCUT2D eigenvalue weighted by molar-refractivity contribution is 0.0939. The third-order valence-electron chi connectivity index (χ3n) is 7.04. The van der Waals surface area contributed by atoms with Crippen molar-refractivity contribution in [2.24, 2.45) is 5.41 Å². The van der Waals surface area contributed by atoms with Crippen molar-refractivity contribution in [2.45, 2.75) is 46.6 Å². The van der Waals surface area contributed by atoms with Gasteiger partial charge in [0.05, 0.1) is 11.2 Å². The van der Waals surface area contributed by atoms with Crippen molar-refractivity contribution < 1.29 is 9.53 Å². The number of nitrogens with zero attached hydrogens (tertiary/aromatic N) is 2. The number of ether oxygens (including phenoxy) is 1. The normalized spacial score (nSPS) is 16.6. The molecule has 1 aliphatic rings. The summed E-state index contributed by atoms with van der Waals surface area (Å²) < 4.78 is 6.17. The van der Waals surface area contributed by atoms with E-state index in [0.717, 1.165) is 51.8 Å². The molecule has 6 heteroatoms. The van der Waals surface area contributed by atoms with Crippen LogP contribution in [0.1, 0.15) is 50.9 Å². The highest BCUT2D eigenvalue weighted by molar-refractivity contribution is 6.02. The largest absolute Gasteiger partial charge is 0.492 e. The molecule has 0 spiro atoms. The number of carbonyl (C=O) groups excluding carboxylic acids is 1. The number of nitrogens with one attached hydrogen (secondary N) is 2. The Hall–Kier alpha value is -3.38. The lowest BCUT2D eigenvalue weighted by atomic mass is 9.97. The van der Waals surface area contributed by atoms with Crippen molar-refractivity contribution in [2.75, 3.05) is 26.2 Å². The van der Waals surface area contributed by atoms with Crippen LogP contribution in [0.5, 0.6) is 5.75 Å². The van der Waals surface area contributed by atoms with Crippen LogP contribution in [0.4, 0.5) is 0 Å². The van der Waals surface area contributed by atoms with E-state index < -0.39 is 0 Å². The van der Waals surface area contributed by atoms with Crippen molar-refractivity contribution in [3.8, 4) is 17.0 Å². The van der Waals surface area contributed by atoms with E-state index >= 15 is 0 Å². The molecule has 1 saturated heterocycles. The zero-order valence-corrected chi connectivity index (χ0v) is 21.7. The minimum absolute atomic E-state index is 0.0307. The summed E-state index contributed by atoms with van der Waals surface area (Å²) in [5.74, 6) is 0.846. The van der Waals surface area contributed by atoms with Crippen LogP contribution in [-0.4, -0.2) is 53.3 Å². The maximum Gasteiger partial charge on any atom is 0.251 e. The zero-order chi connectivity index (χ0) is 25.3. The molecule has 188 valence electrons. The highest BCUT2D eigenvalue weighted by Gasteiger charge is 2.23. The predicted molar refractivity (Wildman–Crippen MR) is 147 cm³/mol. The van der Waals surface area contributed by atoms with Gasteiger partial charge in [-0.05, 0) is 78.5 Å². The molecule has 0 saturated carbocycles. The summed E-state index contributed by atoms with van der Waals surface area (Å²) in [6, 6.07) is 18.8.